The molecule has 1 unspecified atom stereocenters. The van der Waals surface area contributed by atoms with Crippen LogP contribution in [0.5, 0.6) is 5.75 Å². The average molecular weight is 475 g/mol. The highest BCUT2D eigenvalue weighted by Crippen LogP contribution is 2.45. The number of likely N-dealkylation sites (tertiary alicyclic amines) is 1. The number of halogens is 2. The van der Waals surface area contributed by atoms with E-state index in [1.807, 2.05) is 18.2 Å². The number of carbonyl (C=O) groups excluding carboxylic acids is 1. The SMILES string of the molecule is O=C(NSC1CC1)c1cc(C2CC2)c(OC2CCCN(Cc3ccccc3Cl)C2)cc1F. The first-order valence-electron chi connectivity index (χ1n) is 11.5. The Hall–Kier alpha value is -1.76. The summed E-state index contributed by atoms with van der Waals surface area (Å²) in [4.78, 5) is 14.9. The van der Waals surface area contributed by atoms with E-state index in [2.05, 4.69) is 15.7 Å². The predicted octanol–water partition coefficient (Wildman–Crippen LogP) is 5.94. The Balaban J connectivity index is 1.28. The number of benzene rings is 2. The summed E-state index contributed by atoms with van der Waals surface area (Å²) in [7, 11) is 0. The number of nitrogens with zero attached hydrogens (tertiary/aromatic N) is 1. The minimum absolute atomic E-state index is 0.00626. The van der Waals surface area contributed by atoms with E-state index in [4.69, 9.17) is 16.3 Å². The van der Waals surface area contributed by atoms with Crippen LogP contribution in [0.15, 0.2) is 36.4 Å². The second kappa shape index (κ2) is 9.62. The van der Waals surface area contributed by atoms with Crippen LogP contribution in [0.1, 0.15) is 65.9 Å². The largest absolute Gasteiger partial charge is 0.489 e. The molecule has 170 valence electrons. The number of piperidine rings is 1. The second-order valence-electron chi connectivity index (χ2n) is 9.10. The van der Waals surface area contributed by atoms with Crippen LogP contribution in [0.3, 0.4) is 0 Å². The summed E-state index contributed by atoms with van der Waals surface area (Å²) in [5.74, 6) is 0.0931. The lowest BCUT2D eigenvalue weighted by Gasteiger charge is -2.33. The topological polar surface area (TPSA) is 41.6 Å². The van der Waals surface area contributed by atoms with Gasteiger partial charge in [0.2, 0.25) is 0 Å². The second-order valence-corrected chi connectivity index (χ2v) is 10.6. The fourth-order valence-corrected chi connectivity index (χ4v) is 5.19. The lowest BCUT2D eigenvalue weighted by atomic mass is 10.0. The van der Waals surface area contributed by atoms with Gasteiger partial charge in [0.1, 0.15) is 17.7 Å². The van der Waals surface area contributed by atoms with Crippen LogP contribution in [0.2, 0.25) is 5.02 Å². The maximum absolute atomic E-state index is 14.9. The fourth-order valence-electron chi connectivity index (χ4n) is 4.24. The summed E-state index contributed by atoms with van der Waals surface area (Å²) in [6.07, 6.45) is 6.30. The predicted molar refractivity (Wildman–Crippen MR) is 127 cm³/mol. The summed E-state index contributed by atoms with van der Waals surface area (Å²) in [5, 5.41) is 1.26. The number of ether oxygens (including phenoxy) is 1. The normalized spacial score (nSPS) is 21.4. The van der Waals surface area contributed by atoms with Gasteiger partial charge in [-0.2, -0.15) is 0 Å². The van der Waals surface area contributed by atoms with Crippen molar-refractivity contribution >= 4 is 29.5 Å². The molecule has 1 saturated heterocycles. The third-order valence-corrected chi connectivity index (χ3v) is 7.79. The van der Waals surface area contributed by atoms with Gasteiger partial charge in [0.25, 0.3) is 5.91 Å². The van der Waals surface area contributed by atoms with Gasteiger partial charge in [0.15, 0.2) is 0 Å². The summed E-state index contributed by atoms with van der Waals surface area (Å²) in [6, 6.07) is 11.1. The number of nitrogens with one attached hydrogen (secondary N) is 1. The van der Waals surface area contributed by atoms with E-state index in [1.165, 1.54) is 18.0 Å². The molecule has 0 bridgehead atoms. The molecule has 0 radical (unpaired) electrons. The maximum atomic E-state index is 14.9. The minimum Gasteiger partial charge on any atom is -0.489 e. The standard InChI is InChI=1S/C25H28ClFN2O2S/c26-22-6-2-1-4-17(22)14-29-11-3-5-18(15-29)31-24-13-23(27)21(12-20(24)16-7-8-16)25(30)28-32-19-9-10-19/h1-2,4,6,12-13,16,18-19H,3,5,7-11,14-15H2,(H,28,30). The Kier molecular flexibility index (Phi) is 6.63. The zero-order valence-corrected chi connectivity index (χ0v) is 19.6. The van der Waals surface area contributed by atoms with Crippen LogP contribution in [-0.4, -0.2) is 35.3 Å². The van der Waals surface area contributed by atoms with Crippen molar-refractivity contribution in [2.45, 2.75) is 62.3 Å². The van der Waals surface area contributed by atoms with Crippen molar-refractivity contribution in [3.8, 4) is 5.75 Å². The van der Waals surface area contributed by atoms with E-state index < -0.39 is 5.82 Å². The summed E-state index contributed by atoms with van der Waals surface area (Å²) in [6.45, 7) is 2.55. The molecule has 0 spiro atoms. The summed E-state index contributed by atoms with van der Waals surface area (Å²) in [5.41, 5.74) is 2.20. The average Bonchev–Trinajstić information content (AvgIpc) is 3.68. The first kappa shape index (κ1) is 22.1. The molecule has 1 amide bonds. The Morgan fingerprint density at radius 3 is 2.75 bits per heavy atom. The van der Waals surface area contributed by atoms with Gasteiger partial charge in [-0.1, -0.05) is 29.8 Å². The van der Waals surface area contributed by atoms with Gasteiger partial charge in [-0.15, -0.1) is 0 Å². The molecule has 3 aliphatic rings. The van der Waals surface area contributed by atoms with Crippen LogP contribution >= 0.6 is 23.5 Å². The van der Waals surface area contributed by atoms with Crippen molar-refractivity contribution in [1.82, 2.24) is 9.62 Å². The first-order valence-corrected chi connectivity index (χ1v) is 12.7. The molecule has 2 aliphatic carbocycles. The van der Waals surface area contributed by atoms with Crippen molar-refractivity contribution in [2.75, 3.05) is 13.1 Å². The highest BCUT2D eigenvalue weighted by molar-refractivity contribution is 7.98. The van der Waals surface area contributed by atoms with Crippen molar-refractivity contribution in [3.63, 3.8) is 0 Å². The highest BCUT2D eigenvalue weighted by atomic mass is 35.5. The van der Waals surface area contributed by atoms with Gasteiger partial charge < -0.3 is 4.74 Å². The molecule has 0 aromatic heterocycles. The molecule has 2 aromatic carbocycles. The molecule has 32 heavy (non-hydrogen) atoms. The quantitative estimate of drug-likeness (QED) is 0.481. The third-order valence-electron chi connectivity index (χ3n) is 6.31. The Labute approximate surface area is 198 Å². The number of carbonyl (C=O) groups is 1. The van der Waals surface area contributed by atoms with E-state index in [0.717, 1.165) is 74.3 Å². The summed E-state index contributed by atoms with van der Waals surface area (Å²) >= 11 is 7.75. The zero-order chi connectivity index (χ0) is 22.1. The van der Waals surface area contributed by atoms with E-state index in [0.29, 0.717) is 16.9 Å². The van der Waals surface area contributed by atoms with Gasteiger partial charge in [0.05, 0.1) is 5.56 Å². The summed E-state index contributed by atoms with van der Waals surface area (Å²) < 4.78 is 24.1. The van der Waals surface area contributed by atoms with E-state index >= 15 is 0 Å². The molecule has 1 heterocycles. The van der Waals surface area contributed by atoms with Crippen LogP contribution in [0.4, 0.5) is 4.39 Å². The highest BCUT2D eigenvalue weighted by Gasteiger charge is 2.32. The molecule has 7 heteroatoms. The molecular formula is C25H28ClFN2O2S. The molecule has 5 rings (SSSR count). The van der Waals surface area contributed by atoms with Crippen molar-refractivity contribution in [2.24, 2.45) is 0 Å². The van der Waals surface area contributed by atoms with Crippen LogP contribution < -0.4 is 9.46 Å². The van der Waals surface area contributed by atoms with E-state index in [-0.39, 0.29) is 17.6 Å². The van der Waals surface area contributed by atoms with Crippen LogP contribution in [0, 0.1) is 5.82 Å². The first-order chi connectivity index (χ1) is 15.6. The Morgan fingerprint density at radius 2 is 2.00 bits per heavy atom. The Morgan fingerprint density at radius 1 is 1.19 bits per heavy atom. The van der Waals surface area contributed by atoms with Gasteiger partial charge >= 0.3 is 0 Å². The number of hydrogen-bond acceptors (Lipinski definition) is 4. The maximum Gasteiger partial charge on any atom is 0.264 e. The Bertz CT molecular complexity index is 996. The van der Waals surface area contributed by atoms with E-state index in [9.17, 15) is 9.18 Å². The molecule has 1 atom stereocenters. The zero-order valence-electron chi connectivity index (χ0n) is 18.0. The molecule has 1 aliphatic heterocycles. The van der Waals surface area contributed by atoms with Crippen molar-refractivity contribution < 1.29 is 13.9 Å². The molecule has 4 nitrogen and oxygen atoms in total. The smallest absolute Gasteiger partial charge is 0.264 e. The third kappa shape index (κ3) is 5.41. The van der Waals surface area contributed by atoms with E-state index in [1.54, 1.807) is 6.07 Å². The van der Waals surface area contributed by atoms with Gasteiger partial charge in [-0.3, -0.25) is 14.4 Å². The molecule has 1 N–H and O–H groups in total. The van der Waals surface area contributed by atoms with Crippen molar-refractivity contribution in [1.29, 1.82) is 0 Å². The minimum atomic E-state index is -0.512. The van der Waals surface area contributed by atoms with Gasteiger partial charge in [0, 0.05) is 29.4 Å². The fraction of sp³-hybridized carbons (Fsp3) is 0.480. The molecular weight excluding hydrogens is 447 g/mol. The van der Waals surface area contributed by atoms with Gasteiger partial charge in [-0.05, 0) is 86.2 Å². The van der Waals surface area contributed by atoms with Crippen molar-refractivity contribution in [3.05, 3.63) is 63.9 Å². The lowest BCUT2D eigenvalue weighted by Crippen LogP contribution is -2.40. The number of rotatable bonds is 8. The number of amides is 1. The van der Waals surface area contributed by atoms with Gasteiger partial charge in [-0.25, -0.2) is 4.39 Å². The lowest BCUT2D eigenvalue weighted by molar-refractivity contribution is 0.0832. The molecule has 2 saturated carbocycles. The number of hydrogen-bond donors (Lipinski definition) is 1. The molecule has 2 aromatic rings. The molecule has 3 fully saturated rings. The monoisotopic (exact) mass is 474 g/mol. The van der Waals surface area contributed by atoms with Crippen LogP contribution in [0.25, 0.3) is 0 Å². The van der Waals surface area contributed by atoms with Crippen LogP contribution in [-0.2, 0) is 6.54 Å².